The van der Waals surface area contributed by atoms with E-state index in [1.165, 1.54) is 12.1 Å². The van der Waals surface area contributed by atoms with Crippen LogP contribution < -0.4 is 10.1 Å². The highest BCUT2D eigenvalue weighted by atomic mass is 19.3. The molecule has 22 heavy (non-hydrogen) atoms. The fourth-order valence-corrected chi connectivity index (χ4v) is 1.91. The van der Waals surface area contributed by atoms with Crippen LogP contribution in [0.5, 0.6) is 5.75 Å². The minimum Gasteiger partial charge on any atom is -0.493 e. The summed E-state index contributed by atoms with van der Waals surface area (Å²) in [5.74, 6) is -5.26. The van der Waals surface area contributed by atoms with E-state index in [1.807, 2.05) is 6.92 Å². The highest BCUT2D eigenvalue weighted by Crippen LogP contribution is 2.35. The van der Waals surface area contributed by atoms with Gasteiger partial charge in [0.15, 0.2) is 0 Å². The number of nitrogens with one attached hydrogen (secondary N) is 1. The van der Waals surface area contributed by atoms with E-state index in [0.717, 1.165) is 6.07 Å². The Balaban J connectivity index is 2.83. The van der Waals surface area contributed by atoms with Gasteiger partial charge in [-0.05, 0) is 25.0 Å². The van der Waals surface area contributed by atoms with Gasteiger partial charge in [-0.3, -0.25) is 4.79 Å². The first-order valence-electron chi connectivity index (χ1n) is 7.41. The smallest absolute Gasteiger partial charge is 0.353 e. The van der Waals surface area contributed by atoms with Crippen molar-refractivity contribution in [3.05, 3.63) is 29.8 Å². The third kappa shape index (κ3) is 4.40. The van der Waals surface area contributed by atoms with Crippen molar-refractivity contribution in [1.82, 2.24) is 5.32 Å². The molecule has 1 amide bonds. The lowest BCUT2D eigenvalue weighted by molar-refractivity contribution is -0.147. The molecule has 1 rings (SSSR count). The molecule has 0 aliphatic carbocycles. The van der Waals surface area contributed by atoms with Crippen LogP contribution in [0.25, 0.3) is 0 Å². The molecule has 2 N–H and O–H groups in total. The topological polar surface area (TPSA) is 58.6 Å². The summed E-state index contributed by atoms with van der Waals surface area (Å²) in [7, 11) is 0. The fourth-order valence-electron chi connectivity index (χ4n) is 1.91. The van der Waals surface area contributed by atoms with E-state index < -0.39 is 23.5 Å². The second-order valence-electron chi connectivity index (χ2n) is 5.17. The molecule has 0 aliphatic heterocycles. The number of aliphatic hydroxyl groups excluding tert-OH is 1. The average molecular weight is 315 g/mol. The van der Waals surface area contributed by atoms with E-state index in [9.17, 15) is 18.7 Å². The third-order valence-electron chi connectivity index (χ3n) is 3.58. The van der Waals surface area contributed by atoms with E-state index >= 15 is 0 Å². The van der Waals surface area contributed by atoms with Crippen molar-refractivity contribution in [2.24, 2.45) is 5.92 Å². The molecule has 0 saturated heterocycles. The number of aliphatic hydroxyl groups is 1. The van der Waals surface area contributed by atoms with Crippen molar-refractivity contribution in [3.63, 3.8) is 0 Å². The minimum absolute atomic E-state index is 0.0207. The Kier molecular flexibility index (Phi) is 6.74. The van der Waals surface area contributed by atoms with Gasteiger partial charge < -0.3 is 15.2 Å². The predicted octanol–water partition coefficient (Wildman–Crippen LogP) is 2.70. The number of carbonyl (C=O) groups is 1. The molecule has 0 heterocycles. The summed E-state index contributed by atoms with van der Waals surface area (Å²) >= 11 is 0. The Bertz CT molecular complexity index is 494. The lowest BCUT2D eigenvalue weighted by Crippen LogP contribution is -2.43. The highest BCUT2D eigenvalue weighted by molar-refractivity contribution is 5.85. The Morgan fingerprint density at radius 3 is 2.59 bits per heavy atom. The van der Waals surface area contributed by atoms with Gasteiger partial charge in [0.1, 0.15) is 5.75 Å². The van der Waals surface area contributed by atoms with Crippen molar-refractivity contribution < 1.29 is 23.4 Å². The van der Waals surface area contributed by atoms with Crippen LogP contribution in [0.2, 0.25) is 0 Å². The second kappa shape index (κ2) is 8.08. The Morgan fingerprint density at radius 1 is 1.36 bits per heavy atom. The van der Waals surface area contributed by atoms with Crippen LogP contribution in [-0.4, -0.2) is 30.3 Å². The molecule has 0 bridgehead atoms. The molecule has 4 nitrogen and oxygen atoms in total. The number of ether oxygens (including phenoxy) is 1. The maximum absolute atomic E-state index is 14.3. The molecule has 124 valence electrons. The molecule has 0 aromatic heterocycles. The molecule has 2 atom stereocenters. The van der Waals surface area contributed by atoms with Crippen molar-refractivity contribution in [3.8, 4) is 5.75 Å². The molecule has 0 aliphatic rings. The van der Waals surface area contributed by atoms with E-state index in [1.54, 1.807) is 19.9 Å². The summed E-state index contributed by atoms with van der Waals surface area (Å²) in [6.07, 6.45) is -0.160. The minimum atomic E-state index is -3.72. The van der Waals surface area contributed by atoms with Crippen molar-refractivity contribution in [1.29, 1.82) is 0 Å². The lowest BCUT2D eigenvalue weighted by atomic mass is 10.0. The summed E-state index contributed by atoms with van der Waals surface area (Å²) in [6, 6.07) is 5.55. The molecule has 2 unspecified atom stereocenters. The number of alkyl halides is 2. The van der Waals surface area contributed by atoms with Crippen LogP contribution in [0.4, 0.5) is 8.78 Å². The summed E-state index contributed by atoms with van der Waals surface area (Å²) in [5, 5.41) is 11.9. The molecule has 0 fully saturated rings. The second-order valence-corrected chi connectivity index (χ2v) is 5.17. The summed E-state index contributed by atoms with van der Waals surface area (Å²) in [4.78, 5) is 11.8. The zero-order valence-corrected chi connectivity index (χ0v) is 13.1. The van der Waals surface area contributed by atoms with Crippen LogP contribution in [0.3, 0.4) is 0 Å². The maximum Gasteiger partial charge on any atom is 0.353 e. The van der Waals surface area contributed by atoms with E-state index in [-0.39, 0.29) is 24.8 Å². The number of hydrogen-bond acceptors (Lipinski definition) is 3. The number of rotatable bonds is 8. The van der Waals surface area contributed by atoms with Gasteiger partial charge in [0, 0.05) is 6.54 Å². The van der Waals surface area contributed by atoms with Gasteiger partial charge >= 0.3 is 5.92 Å². The Labute approximate surface area is 129 Å². The number of amides is 1. The van der Waals surface area contributed by atoms with Crippen LogP contribution >= 0.6 is 0 Å². The summed E-state index contributed by atoms with van der Waals surface area (Å²) in [5.41, 5.74) is -0.479. The fraction of sp³-hybridized carbons (Fsp3) is 0.562. The largest absolute Gasteiger partial charge is 0.493 e. The van der Waals surface area contributed by atoms with Crippen LogP contribution in [-0.2, 0) is 10.7 Å². The molecule has 1 aromatic carbocycles. The standard InChI is InChI=1S/C16H23F2NO3/c1-4-11(3)13(20)10-19-15(21)16(17,18)12-8-6-7-9-14(12)22-5-2/h6-9,11,13,20H,4-5,10H2,1-3H3,(H,19,21). The number of hydrogen-bond donors (Lipinski definition) is 2. The number of halogens is 2. The summed E-state index contributed by atoms with van der Waals surface area (Å²) in [6.45, 7) is 5.36. The molecular weight excluding hydrogens is 292 g/mol. The molecule has 0 saturated carbocycles. The third-order valence-corrected chi connectivity index (χ3v) is 3.58. The normalized spacial score (nSPS) is 14.3. The van der Waals surface area contributed by atoms with Crippen molar-refractivity contribution in [2.45, 2.75) is 39.2 Å². The summed E-state index contributed by atoms with van der Waals surface area (Å²) < 4.78 is 33.7. The van der Waals surface area contributed by atoms with E-state index in [0.29, 0.717) is 6.42 Å². The first-order chi connectivity index (χ1) is 10.3. The van der Waals surface area contributed by atoms with E-state index in [2.05, 4.69) is 5.32 Å². The Hall–Kier alpha value is -1.69. The van der Waals surface area contributed by atoms with E-state index in [4.69, 9.17) is 4.74 Å². The SMILES string of the molecule is CCOc1ccccc1C(F)(F)C(=O)NCC(O)C(C)CC. The number of carbonyl (C=O) groups excluding carboxylic acids is 1. The zero-order valence-electron chi connectivity index (χ0n) is 13.1. The first kappa shape index (κ1) is 18.4. The van der Waals surface area contributed by atoms with Crippen molar-refractivity contribution in [2.75, 3.05) is 13.2 Å². The quantitative estimate of drug-likeness (QED) is 0.775. The van der Waals surface area contributed by atoms with Crippen molar-refractivity contribution >= 4 is 5.91 Å². The zero-order chi connectivity index (χ0) is 16.8. The van der Waals surface area contributed by atoms with Crippen LogP contribution in [0.15, 0.2) is 24.3 Å². The average Bonchev–Trinajstić information content (AvgIpc) is 2.52. The highest BCUT2D eigenvalue weighted by Gasteiger charge is 2.43. The molecule has 0 radical (unpaired) electrons. The van der Waals surface area contributed by atoms with Gasteiger partial charge in [0.2, 0.25) is 0 Å². The molecular formula is C16H23F2NO3. The van der Waals surface area contributed by atoms with Gasteiger partial charge in [0.05, 0.1) is 18.3 Å². The monoisotopic (exact) mass is 315 g/mol. The van der Waals surface area contributed by atoms with Gasteiger partial charge in [-0.1, -0.05) is 32.4 Å². The van der Waals surface area contributed by atoms with Gasteiger partial charge in [-0.25, -0.2) is 0 Å². The Morgan fingerprint density at radius 2 is 2.00 bits per heavy atom. The first-order valence-corrected chi connectivity index (χ1v) is 7.41. The predicted molar refractivity (Wildman–Crippen MR) is 80.0 cm³/mol. The molecule has 1 aromatic rings. The van der Waals surface area contributed by atoms with Crippen LogP contribution in [0.1, 0.15) is 32.8 Å². The number of para-hydroxylation sites is 1. The molecule has 0 spiro atoms. The van der Waals surface area contributed by atoms with Crippen LogP contribution in [0, 0.1) is 5.92 Å². The van der Waals surface area contributed by atoms with Gasteiger partial charge in [-0.15, -0.1) is 0 Å². The maximum atomic E-state index is 14.3. The lowest BCUT2D eigenvalue weighted by Gasteiger charge is -2.22. The van der Waals surface area contributed by atoms with Gasteiger partial charge in [0.25, 0.3) is 5.91 Å². The number of benzene rings is 1. The van der Waals surface area contributed by atoms with Gasteiger partial charge in [-0.2, -0.15) is 8.78 Å². The molecule has 6 heteroatoms.